The predicted molar refractivity (Wildman–Crippen MR) is 53.2 cm³/mol. The van der Waals surface area contributed by atoms with E-state index >= 15 is 0 Å². The summed E-state index contributed by atoms with van der Waals surface area (Å²) in [5, 5.41) is 0. The molecule has 2 nitrogen and oxygen atoms in total. The summed E-state index contributed by atoms with van der Waals surface area (Å²) in [6.07, 6.45) is 1.72. The summed E-state index contributed by atoms with van der Waals surface area (Å²) in [7, 11) is 0. The maximum absolute atomic E-state index is 11.9. The van der Waals surface area contributed by atoms with Crippen LogP contribution in [-0.2, 0) is 4.74 Å². The van der Waals surface area contributed by atoms with E-state index in [0.717, 1.165) is 31.6 Å². The van der Waals surface area contributed by atoms with Crippen molar-refractivity contribution in [2.24, 2.45) is 5.92 Å². The summed E-state index contributed by atoms with van der Waals surface area (Å²) >= 11 is 0. The highest BCUT2D eigenvalue weighted by Gasteiger charge is 2.22. The molecular formula is C12H13O2. The van der Waals surface area contributed by atoms with E-state index in [1.54, 1.807) is 12.1 Å². The van der Waals surface area contributed by atoms with Crippen molar-refractivity contribution in [3.05, 3.63) is 35.9 Å². The molecule has 0 saturated carbocycles. The first-order chi connectivity index (χ1) is 6.88. The Morgan fingerprint density at radius 1 is 1.29 bits per heavy atom. The van der Waals surface area contributed by atoms with Gasteiger partial charge in [0.15, 0.2) is 5.78 Å². The molecule has 0 unspecified atom stereocenters. The fourth-order valence-electron chi connectivity index (χ4n) is 1.75. The van der Waals surface area contributed by atoms with Crippen LogP contribution < -0.4 is 0 Å². The molecule has 0 bridgehead atoms. The second-order valence-corrected chi connectivity index (χ2v) is 3.54. The number of benzene rings is 1. The van der Waals surface area contributed by atoms with Crippen LogP contribution in [0.2, 0.25) is 0 Å². The molecule has 2 rings (SSSR count). The Morgan fingerprint density at radius 3 is 2.57 bits per heavy atom. The van der Waals surface area contributed by atoms with Gasteiger partial charge in [-0.1, -0.05) is 24.3 Å². The molecule has 1 aliphatic rings. The van der Waals surface area contributed by atoms with Crippen LogP contribution in [-0.4, -0.2) is 19.0 Å². The minimum absolute atomic E-state index is 0.158. The molecule has 1 heterocycles. The topological polar surface area (TPSA) is 26.3 Å². The van der Waals surface area contributed by atoms with Crippen LogP contribution >= 0.6 is 0 Å². The van der Waals surface area contributed by atoms with Crippen molar-refractivity contribution in [2.75, 3.05) is 13.2 Å². The lowest BCUT2D eigenvalue weighted by Gasteiger charge is -2.20. The summed E-state index contributed by atoms with van der Waals surface area (Å²) in [5.74, 6) is 0.411. The Kier molecular flexibility index (Phi) is 2.94. The zero-order valence-electron chi connectivity index (χ0n) is 8.03. The van der Waals surface area contributed by atoms with Crippen LogP contribution in [0.1, 0.15) is 23.2 Å². The average Bonchev–Trinajstić information content (AvgIpc) is 2.30. The number of ketones is 1. The second kappa shape index (κ2) is 4.38. The van der Waals surface area contributed by atoms with E-state index in [0.29, 0.717) is 0 Å². The van der Waals surface area contributed by atoms with Gasteiger partial charge in [0.1, 0.15) is 0 Å². The maximum Gasteiger partial charge on any atom is 0.166 e. The normalized spacial score (nSPS) is 18.0. The van der Waals surface area contributed by atoms with Crippen molar-refractivity contribution in [1.29, 1.82) is 0 Å². The van der Waals surface area contributed by atoms with Crippen molar-refractivity contribution in [1.82, 2.24) is 0 Å². The number of Topliss-reactive ketones (excluding diaryl/α,β-unsaturated/α-hetero) is 1. The Balaban J connectivity index is 2.07. The van der Waals surface area contributed by atoms with Crippen LogP contribution in [0.4, 0.5) is 0 Å². The van der Waals surface area contributed by atoms with E-state index in [1.807, 2.05) is 12.1 Å². The minimum Gasteiger partial charge on any atom is -0.381 e. The summed E-state index contributed by atoms with van der Waals surface area (Å²) in [6, 6.07) is 10.1. The minimum atomic E-state index is 0.158. The SMILES string of the molecule is O=C(c1cc[c]cc1)C1CCOCC1. The molecule has 0 aromatic heterocycles. The van der Waals surface area contributed by atoms with Gasteiger partial charge in [0.05, 0.1) is 0 Å². The third-order valence-corrected chi connectivity index (χ3v) is 2.59. The van der Waals surface area contributed by atoms with Crippen molar-refractivity contribution >= 4 is 5.78 Å². The highest BCUT2D eigenvalue weighted by atomic mass is 16.5. The average molecular weight is 189 g/mol. The lowest BCUT2D eigenvalue weighted by molar-refractivity contribution is 0.0545. The number of carbonyl (C=O) groups excluding carboxylic acids is 1. The predicted octanol–water partition coefficient (Wildman–Crippen LogP) is 2.10. The van der Waals surface area contributed by atoms with Crippen molar-refractivity contribution in [2.45, 2.75) is 12.8 Å². The lowest BCUT2D eigenvalue weighted by Crippen LogP contribution is -2.23. The summed E-state index contributed by atoms with van der Waals surface area (Å²) < 4.78 is 5.23. The molecular weight excluding hydrogens is 176 g/mol. The largest absolute Gasteiger partial charge is 0.381 e. The van der Waals surface area contributed by atoms with Gasteiger partial charge in [-0.3, -0.25) is 4.79 Å². The Hall–Kier alpha value is -1.15. The molecule has 1 fully saturated rings. The smallest absolute Gasteiger partial charge is 0.166 e. The Bertz CT molecular complexity index is 299. The van der Waals surface area contributed by atoms with Crippen LogP contribution in [0.15, 0.2) is 24.3 Å². The number of ether oxygens (including phenoxy) is 1. The van der Waals surface area contributed by atoms with Crippen molar-refractivity contribution in [3.8, 4) is 0 Å². The van der Waals surface area contributed by atoms with E-state index in [9.17, 15) is 4.79 Å². The molecule has 0 N–H and O–H groups in total. The molecule has 2 heteroatoms. The fourth-order valence-corrected chi connectivity index (χ4v) is 1.75. The van der Waals surface area contributed by atoms with Gasteiger partial charge in [-0.25, -0.2) is 0 Å². The van der Waals surface area contributed by atoms with Crippen molar-refractivity contribution in [3.63, 3.8) is 0 Å². The van der Waals surface area contributed by atoms with Crippen LogP contribution in [0, 0.1) is 12.0 Å². The molecule has 0 amide bonds. The number of rotatable bonds is 2. The Morgan fingerprint density at radius 2 is 1.93 bits per heavy atom. The van der Waals surface area contributed by atoms with Crippen LogP contribution in [0.25, 0.3) is 0 Å². The zero-order valence-corrected chi connectivity index (χ0v) is 8.03. The van der Waals surface area contributed by atoms with Gasteiger partial charge in [0.25, 0.3) is 0 Å². The first-order valence-corrected chi connectivity index (χ1v) is 4.96. The van der Waals surface area contributed by atoms with E-state index < -0.39 is 0 Å². The maximum atomic E-state index is 11.9. The number of hydrogen-bond donors (Lipinski definition) is 0. The van der Waals surface area contributed by atoms with E-state index in [-0.39, 0.29) is 11.7 Å². The first-order valence-electron chi connectivity index (χ1n) is 4.96. The van der Waals surface area contributed by atoms with Gasteiger partial charge in [0, 0.05) is 24.7 Å². The van der Waals surface area contributed by atoms with Gasteiger partial charge in [-0.05, 0) is 18.9 Å². The van der Waals surface area contributed by atoms with Gasteiger partial charge in [-0.2, -0.15) is 0 Å². The molecule has 1 aromatic carbocycles. The molecule has 73 valence electrons. The number of hydrogen-bond acceptors (Lipinski definition) is 2. The van der Waals surface area contributed by atoms with Crippen molar-refractivity contribution < 1.29 is 9.53 Å². The monoisotopic (exact) mass is 189 g/mol. The molecule has 1 aromatic rings. The van der Waals surface area contributed by atoms with E-state index in [2.05, 4.69) is 6.07 Å². The molecule has 0 spiro atoms. The van der Waals surface area contributed by atoms with Gasteiger partial charge >= 0.3 is 0 Å². The summed E-state index contributed by atoms with van der Waals surface area (Å²) in [6.45, 7) is 1.44. The van der Waals surface area contributed by atoms with Gasteiger partial charge in [0.2, 0.25) is 0 Å². The fraction of sp³-hybridized carbons (Fsp3) is 0.417. The van der Waals surface area contributed by atoms with Gasteiger partial charge < -0.3 is 4.74 Å². The molecule has 1 radical (unpaired) electrons. The van der Waals surface area contributed by atoms with E-state index in [1.165, 1.54) is 0 Å². The van der Waals surface area contributed by atoms with Crippen LogP contribution in [0.3, 0.4) is 0 Å². The molecule has 1 saturated heterocycles. The standard InChI is InChI=1S/C12H13O2/c13-12(10-4-2-1-3-5-10)11-6-8-14-9-7-11/h2-5,11H,6-9H2. The molecule has 0 atom stereocenters. The molecule has 0 aliphatic carbocycles. The quantitative estimate of drug-likeness (QED) is 0.666. The third kappa shape index (κ3) is 2.02. The highest BCUT2D eigenvalue weighted by Crippen LogP contribution is 2.19. The molecule has 1 aliphatic heterocycles. The zero-order chi connectivity index (χ0) is 9.80. The highest BCUT2D eigenvalue weighted by molar-refractivity contribution is 5.97. The first kappa shape index (κ1) is 9.41. The molecule has 14 heavy (non-hydrogen) atoms. The van der Waals surface area contributed by atoms with Crippen LogP contribution in [0.5, 0.6) is 0 Å². The third-order valence-electron chi connectivity index (χ3n) is 2.59. The number of carbonyl (C=O) groups is 1. The lowest BCUT2D eigenvalue weighted by atomic mass is 9.91. The summed E-state index contributed by atoms with van der Waals surface area (Å²) in [5.41, 5.74) is 0.802. The second-order valence-electron chi connectivity index (χ2n) is 3.54. The van der Waals surface area contributed by atoms with Gasteiger partial charge in [-0.15, -0.1) is 0 Å². The van der Waals surface area contributed by atoms with E-state index in [4.69, 9.17) is 4.74 Å². The Labute approximate surface area is 83.9 Å². The summed E-state index contributed by atoms with van der Waals surface area (Å²) in [4.78, 5) is 11.9.